The molecule has 0 radical (unpaired) electrons. The average molecular weight is 433 g/mol. The Kier molecular flexibility index (Phi) is 5.15. The van der Waals surface area contributed by atoms with Gasteiger partial charge in [-0.1, -0.05) is 6.07 Å². The number of benzene rings is 1. The maximum absolute atomic E-state index is 12.9. The molecule has 3 aromatic rings. The standard InChI is InChI=1S/C19H16N2O4S3/c22-17-7-8-18(23)21(17)14-3-5-15(6-4-14)28(24,25)20-19(13-9-11-26-12-13)16-2-1-10-27-16/h1-6,9-12,19-20H,7-8H2. The van der Waals surface area contributed by atoms with E-state index < -0.39 is 16.1 Å². The topological polar surface area (TPSA) is 83.6 Å². The number of anilines is 1. The zero-order valence-electron chi connectivity index (χ0n) is 14.6. The molecule has 1 unspecified atom stereocenters. The fraction of sp³-hybridized carbons (Fsp3) is 0.158. The molecule has 6 nitrogen and oxygen atoms in total. The molecular formula is C19H16N2O4S3. The Balaban J connectivity index is 1.61. The Morgan fingerprint density at radius 2 is 1.68 bits per heavy atom. The maximum atomic E-state index is 12.9. The zero-order valence-corrected chi connectivity index (χ0v) is 17.0. The van der Waals surface area contributed by atoms with Gasteiger partial charge >= 0.3 is 0 Å². The molecule has 0 spiro atoms. The van der Waals surface area contributed by atoms with Gasteiger partial charge in [-0.05, 0) is 58.1 Å². The number of nitrogens with one attached hydrogen (secondary N) is 1. The van der Waals surface area contributed by atoms with E-state index in [1.54, 1.807) is 0 Å². The highest BCUT2D eigenvalue weighted by Gasteiger charge is 2.31. The van der Waals surface area contributed by atoms with Crippen molar-refractivity contribution < 1.29 is 18.0 Å². The van der Waals surface area contributed by atoms with Crippen molar-refractivity contribution in [3.8, 4) is 0 Å². The minimum absolute atomic E-state index is 0.0760. The fourth-order valence-electron chi connectivity index (χ4n) is 3.05. The molecule has 2 aromatic heterocycles. The number of carbonyl (C=O) groups excluding carboxylic acids is 2. The number of hydrogen-bond acceptors (Lipinski definition) is 6. The van der Waals surface area contributed by atoms with Crippen LogP contribution in [0, 0.1) is 0 Å². The first-order valence-electron chi connectivity index (χ1n) is 8.49. The van der Waals surface area contributed by atoms with Crippen molar-refractivity contribution >= 4 is 50.2 Å². The summed E-state index contributed by atoms with van der Waals surface area (Å²) in [7, 11) is -3.81. The molecule has 28 heavy (non-hydrogen) atoms. The molecule has 1 fully saturated rings. The van der Waals surface area contributed by atoms with Crippen LogP contribution >= 0.6 is 22.7 Å². The Labute approximate surface area is 170 Å². The summed E-state index contributed by atoms with van der Waals surface area (Å²) in [6.45, 7) is 0. The number of rotatable bonds is 6. The highest BCUT2D eigenvalue weighted by molar-refractivity contribution is 7.89. The van der Waals surface area contributed by atoms with Crippen molar-refractivity contribution in [2.45, 2.75) is 23.8 Å². The number of hydrogen-bond donors (Lipinski definition) is 1. The molecule has 1 N–H and O–H groups in total. The minimum Gasteiger partial charge on any atom is -0.274 e. The predicted molar refractivity (Wildman–Crippen MR) is 109 cm³/mol. The molecule has 1 atom stereocenters. The van der Waals surface area contributed by atoms with Crippen LogP contribution in [-0.4, -0.2) is 20.2 Å². The molecule has 4 rings (SSSR count). The Hall–Kier alpha value is -2.33. The lowest BCUT2D eigenvalue weighted by Gasteiger charge is -2.18. The number of imide groups is 1. The lowest BCUT2D eigenvalue weighted by molar-refractivity contribution is -0.121. The van der Waals surface area contributed by atoms with Crippen molar-refractivity contribution in [3.05, 3.63) is 69.0 Å². The van der Waals surface area contributed by atoms with Gasteiger partial charge in [-0.15, -0.1) is 11.3 Å². The Bertz CT molecular complexity index is 1040. The van der Waals surface area contributed by atoms with Crippen LogP contribution < -0.4 is 9.62 Å². The molecule has 0 saturated carbocycles. The van der Waals surface area contributed by atoms with Gasteiger partial charge in [0, 0.05) is 17.7 Å². The monoisotopic (exact) mass is 432 g/mol. The molecule has 3 heterocycles. The molecule has 1 saturated heterocycles. The highest BCUT2D eigenvalue weighted by atomic mass is 32.2. The van der Waals surface area contributed by atoms with E-state index >= 15 is 0 Å². The van der Waals surface area contributed by atoms with Gasteiger partial charge in [0.05, 0.1) is 16.6 Å². The van der Waals surface area contributed by atoms with E-state index in [0.29, 0.717) is 5.69 Å². The van der Waals surface area contributed by atoms with Crippen LogP contribution in [0.15, 0.2) is 63.5 Å². The third kappa shape index (κ3) is 3.66. The summed E-state index contributed by atoms with van der Waals surface area (Å²) in [5.41, 5.74) is 1.26. The zero-order chi connectivity index (χ0) is 19.7. The summed E-state index contributed by atoms with van der Waals surface area (Å²) in [5.74, 6) is -0.539. The lowest BCUT2D eigenvalue weighted by atomic mass is 10.1. The smallest absolute Gasteiger partial charge is 0.241 e. The van der Waals surface area contributed by atoms with Gasteiger partial charge in [-0.3, -0.25) is 14.5 Å². The summed E-state index contributed by atoms with van der Waals surface area (Å²) in [4.78, 5) is 25.8. The minimum atomic E-state index is -3.81. The number of thiophene rings is 2. The molecule has 1 aliphatic rings. The Morgan fingerprint density at radius 3 is 2.25 bits per heavy atom. The largest absolute Gasteiger partial charge is 0.274 e. The summed E-state index contributed by atoms with van der Waals surface area (Å²) in [5, 5.41) is 5.73. The molecule has 1 aromatic carbocycles. The molecule has 1 aliphatic heterocycles. The second kappa shape index (κ2) is 7.59. The molecule has 144 valence electrons. The van der Waals surface area contributed by atoms with Crippen molar-refractivity contribution in [2.75, 3.05) is 4.90 Å². The van der Waals surface area contributed by atoms with Gasteiger partial charge in [-0.2, -0.15) is 16.1 Å². The molecule has 0 aliphatic carbocycles. The van der Waals surface area contributed by atoms with Gasteiger partial charge in [-0.25, -0.2) is 8.42 Å². The fourth-order valence-corrected chi connectivity index (χ4v) is 5.81. The summed E-state index contributed by atoms with van der Waals surface area (Å²) in [6, 6.07) is 11.0. The van der Waals surface area contributed by atoms with Gasteiger partial charge in [0.15, 0.2) is 0 Å². The van der Waals surface area contributed by atoms with Gasteiger partial charge < -0.3 is 0 Å². The first-order chi connectivity index (χ1) is 13.5. The summed E-state index contributed by atoms with van der Waals surface area (Å²) >= 11 is 2.98. The Morgan fingerprint density at radius 1 is 0.964 bits per heavy atom. The summed E-state index contributed by atoms with van der Waals surface area (Å²) < 4.78 is 28.7. The number of carbonyl (C=O) groups is 2. The van der Waals surface area contributed by atoms with E-state index in [2.05, 4.69) is 4.72 Å². The van der Waals surface area contributed by atoms with Gasteiger partial charge in [0.2, 0.25) is 21.8 Å². The number of amides is 2. The lowest BCUT2D eigenvalue weighted by Crippen LogP contribution is -2.30. The predicted octanol–water partition coefficient (Wildman–Crippen LogP) is 3.53. The van der Waals surface area contributed by atoms with Crippen LogP contribution in [-0.2, 0) is 19.6 Å². The van der Waals surface area contributed by atoms with Crippen LogP contribution in [0.3, 0.4) is 0 Å². The van der Waals surface area contributed by atoms with Crippen molar-refractivity contribution in [3.63, 3.8) is 0 Å². The molecular weight excluding hydrogens is 416 g/mol. The maximum Gasteiger partial charge on any atom is 0.241 e. The van der Waals surface area contributed by atoms with Crippen LogP contribution in [0.1, 0.15) is 29.3 Å². The van der Waals surface area contributed by atoms with E-state index in [1.165, 1.54) is 46.9 Å². The van der Waals surface area contributed by atoms with E-state index in [-0.39, 0.29) is 29.6 Å². The molecule has 2 amide bonds. The van der Waals surface area contributed by atoms with E-state index in [0.717, 1.165) is 15.3 Å². The SMILES string of the molecule is O=C1CCC(=O)N1c1ccc(S(=O)(=O)NC(c2ccsc2)c2cccs2)cc1. The second-order valence-corrected chi connectivity index (χ2v) is 9.72. The van der Waals surface area contributed by atoms with Gasteiger partial charge in [0.1, 0.15) is 0 Å². The third-order valence-corrected chi connectivity index (χ3v) is 7.51. The molecule has 9 heteroatoms. The van der Waals surface area contributed by atoms with Crippen LogP contribution in [0.4, 0.5) is 5.69 Å². The van der Waals surface area contributed by atoms with E-state index in [1.807, 2.05) is 34.3 Å². The van der Waals surface area contributed by atoms with Crippen molar-refractivity contribution in [2.24, 2.45) is 0 Å². The van der Waals surface area contributed by atoms with E-state index in [4.69, 9.17) is 0 Å². The third-order valence-electron chi connectivity index (χ3n) is 4.43. The van der Waals surface area contributed by atoms with Crippen LogP contribution in [0.2, 0.25) is 0 Å². The first-order valence-corrected chi connectivity index (χ1v) is 11.8. The molecule has 0 bridgehead atoms. The first kappa shape index (κ1) is 19.0. The number of nitrogens with zero attached hydrogens (tertiary/aromatic N) is 1. The van der Waals surface area contributed by atoms with Crippen molar-refractivity contribution in [1.29, 1.82) is 0 Å². The average Bonchev–Trinajstić information content (AvgIpc) is 3.43. The van der Waals surface area contributed by atoms with Crippen molar-refractivity contribution in [1.82, 2.24) is 4.72 Å². The van der Waals surface area contributed by atoms with E-state index in [9.17, 15) is 18.0 Å². The quantitative estimate of drug-likeness (QED) is 0.604. The summed E-state index contributed by atoms with van der Waals surface area (Å²) in [6.07, 6.45) is 0.368. The second-order valence-electron chi connectivity index (χ2n) is 6.24. The van der Waals surface area contributed by atoms with Crippen LogP contribution in [0.25, 0.3) is 0 Å². The number of sulfonamides is 1. The van der Waals surface area contributed by atoms with Crippen LogP contribution in [0.5, 0.6) is 0 Å². The van der Waals surface area contributed by atoms with Gasteiger partial charge in [0.25, 0.3) is 0 Å². The highest BCUT2D eigenvalue weighted by Crippen LogP contribution is 2.30. The normalized spacial score (nSPS) is 15.9.